The van der Waals surface area contributed by atoms with Gasteiger partial charge in [0, 0.05) is 13.1 Å². The highest BCUT2D eigenvalue weighted by Gasteiger charge is 2.52. The Morgan fingerprint density at radius 1 is 0.367 bits per heavy atom. The van der Waals surface area contributed by atoms with Crippen molar-refractivity contribution in [1.82, 2.24) is 9.80 Å². The number of carbonyl (C=O) groups is 1. The molecule has 0 atom stereocenters. The van der Waals surface area contributed by atoms with Crippen molar-refractivity contribution in [3.63, 3.8) is 0 Å². The zero-order valence-corrected chi connectivity index (χ0v) is 30.6. The number of carbonyl (C=O) groups excluding carboxylic acids is 1. The Labute approximate surface area is 304 Å². The van der Waals surface area contributed by atoms with E-state index >= 15 is 0 Å². The summed E-state index contributed by atoms with van der Waals surface area (Å²) in [7, 11) is -4.45. The van der Waals surface area contributed by atoms with Crippen LogP contribution in [0.2, 0.25) is 0 Å². The van der Waals surface area contributed by atoms with Gasteiger partial charge in [-0.2, -0.15) is 0 Å². The predicted molar refractivity (Wildman–Crippen MR) is 203 cm³/mol. The van der Waals surface area contributed by atoms with Crippen molar-refractivity contribution in [2.24, 2.45) is 0 Å². The fourth-order valence-electron chi connectivity index (χ4n) is 7.10. The molecule has 1 aliphatic heterocycles. The Bertz CT molecular complexity index is 1550. The molecule has 0 saturated carbocycles. The fraction of sp³-hybridized carbons (Fsp3) is 0.119. The molecule has 6 aromatic carbocycles. The zero-order chi connectivity index (χ0) is 31.9. The number of hydrogen-bond donors (Lipinski definition) is 0. The van der Waals surface area contributed by atoms with Gasteiger partial charge < -0.3 is 24.8 Å². The molecule has 0 aromatic heterocycles. The molecule has 0 spiro atoms. The molecule has 1 fully saturated rings. The van der Waals surface area contributed by atoms with Gasteiger partial charge in [-0.3, -0.25) is 9.80 Å². The van der Waals surface area contributed by atoms with E-state index in [0.717, 1.165) is 19.5 Å². The Morgan fingerprint density at radius 3 is 0.776 bits per heavy atom. The van der Waals surface area contributed by atoms with Crippen molar-refractivity contribution in [3.8, 4) is 0 Å². The summed E-state index contributed by atoms with van der Waals surface area (Å²) in [5, 5.41) is 7.76. The molecule has 0 radical (unpaired) electrons. The van der Waals surface area contributed by atoms with Gasteiger partial charge in [0.2, 0.25) is 0 Å². The predicted octanol–water partition coefficient (Wildman–Crippen LogP) is 1.03. The van der Waals surface area contributed by atoms with E-state index < -0.39 is 14.5 Å². The van der Waals surface area contributed by atoms with Gasteiger partial charge in [0.05, 0.1) is 0 Å². The summed E-state index contributed by atoms with van der Waals surface area (Å²) in [6, 6.07) is 65.4. The van der Waals surface area contributed by atoms with Crippen molar-refractivity contribution in [1.29, 1.82) is 0 Å². The van der Waals surface area contributed by atoms with Crippen LogP contribution in [0.1, 0.15) is 6.42 Å². The second kappa shape index (κ2) is 16.6. The summed E-state index contributed by atoms with van der Waals surface area (Å²) in [6.07, 6.45) is 2.25. The van der Waals surface area contributed by atoms with Crippen LogP contribution < -0.4 is 56.6 Å². The number of rotatable bonds is 10. The standard InChI is InChI=1S/C42H40N2OP2.2ClH/c45-42-43(34-46(36-20-7-1-8-21-36,37-22-9-2-10-23-37)38-24-11-3-12-25-38)32-19-33-44(42)35-47(39-26-13-4-14-27-39,40-28-15-5-16-29-40)41-30-17-6-18-31-41;;/h1-18,20-31H,19,32-35H2;2*1H/q+2;;/p-2. The summed E-state index contributed by atoms with van der Waals surface area (Å²) >= 11 is 0. The first kappa shape index (κ1) is 36.3. The molecule has 3 nitrogen and oxygen atoms in total. The van der Waals surface area contributed by atoms with E-state index in [1.165, 1.54) is 31.8 Å². The van der Waals surface area contributed by atoms with Crippen molar-refractivity contribution < 1.29 is 29.6 Å². The van der Waals surface area contributed by atoms with Gasteiger partial charge in [-0.25, -0.2) is 4.79 Å². The first-order valence-electron chi connectivity index (χ1n) is 16.4. The van der Waals surface area contributed by atoms with Gasteiger partial charge in [0.25, 0.3) is 0 Å². The van der Waals surface area contributed by atoms with Gasteiger partial charge in [0.15, 0.2) is 0 Å². The maximum absolute atomic E-state index is 15.0. The third-order valence-corrected chi connectivity index (χ3v) is 18.0. The van der Waals surface area contributed by atoms with Crippen LogP contribution in [0.3, 0.4) is 0 Å². The lowest BCUT2D eigenvalue weighted by Gasteiger charge is -2.40. The minimum Gasteiger partial charge on any atom is -1.00 e. The van der Waals surface area contributed by atoms with Crippen LogP contribution in [0.25, 0.3) is 0 Å². The molecule has 1 aliphatic rings. The number of nitrogens with zero attached hydrogens (tertiary/aromatic N) is 2. The Morgan fingerprint density at radius 2 is 0.571 bits per heavy atom. The zero-order valence-electron chi connectivity index (χ0n) is 27.3. The van der Waals surface area contributed by atoms with Crippen LogP contribution in [0.4, 0.5) is 4.79 Å². The SMILES string of the molecule is O=C1N(C[P+](c2ccccc2)(c2ccccc2)c2ccccc2)CCCN1C[P+](c1ccccc1)(c1ccccc1)c1ccccc1.[Cl-].[Cl-]. The van der Waals surface area contributed by atoms with Crippen molar-refractivity contribution in [2.75, 3.05) is 25.7 Å². The van der Waals surface area contributed by atoms with Crippen LogP contribution in [-0.2, 0) is 0 Å². The van der Waals surface area contributed by atoms with Crippen LogP contribution in [-0.4, -0.2) is 41.5 Å². The Hall–Kier alpha value is -3.97. The Balaban J connectivity index is 0.00000234. The highest BCUT2D eigenvalue weighted by molar-refractivity contribution is 7.96. The monoisotopic (exact) mass is 720 g/mol. The van der Waals surface area contributed by atoms with Gasteiger partial charge >= 0.3 is 6.03 Å². The van der Waals surface area contributed by atoms with E-state index in [1.54, 1.807) is 0 Å². The van der Waals surface area contributed by atoms with Crippen LogP contribution in [0, 0.1) is 0 Å². The maximum Gasteiger partial charge on any atom is 0.325 e. The maximum atomic E-state index is 15.0. The molecule has 49 heavy (non-hydrogen) atoms. The minimum atomic E-state index is -2.22. The van der Waals surface area contributed by atoms with E-state index in [4.69, 9.17) is 0 Å². The molecule has 7 heteroatoms. The molecule has 1 heterocycles. The van der Waals surface area contributed by atoms with Crippen molar-refractivity contribution in [2.45, 2.75) is 6.42 Å². The quantitative estimate of drug-likeness (QED) is 0.194. The Kier molecular flexibility index (Phi) is 12.3. The number of amides is 2. The normalized spacial score (nSPS) is 13.3. The number of halogens is 2. The van der Waals surface area contributed by atoms with Crippen molar-refractivity contribution in [3.05, 3.63) is 182 Å². The van der Waals surface area contributed by atoms with Gasteiger partial charge in [-0.15, -0.1) is 0 Å². The molecule has 248 valence electrons. The molecule has 2 amide bonds. The molecule has 7 rings (SSSR count). The largest absolute Gasteiger partial charge is 1.00 e. The van der Waals surface area contributed by atoms with E-state index in [2.05, 4.69) is 192 Å². The van der Waals surface area contributed by atoms with E-state index in [0.29, 0.717) is 12.6 Å². The van der Waals surface area contributed by atoms with Gasteiger partial charge in [-0.1, -0.05) is 109 Å². The lowest BCUT2D eigenvalue weighted by atomic mass is 10.3. The number of benzene rings is 6. The van der Waals surface area contributed by atoms with Gasteiger partial charge in [-0.05, 0) is 79.2 Å². The molecule has 0 bridgehead atoms. The molecular weight excluding hydrogens is 681 g/mol. The summed E-state index contributed by atoms with van der Waals surface area (Å²) < 4.78 is 0. The smallest absolute Gasteiger partial charge is 0.325 e. The molecule has 6 aromatic rings. The average Bonchev–Trinajstić information content (AvgIpc) is 3.16. The first-order valence-corrected chi connectivity index (χ1v) is 20.3. The second-order valence-electron chi connectivity index (χ2n) is 12.1. The third kappa shape index (κ3) is 7.19. The second-order valence-corrected chi connectivity index (χ2v) is 19.0. The number of urea groups is 1. The average molecular weight is 722 g/mol. The van der Waals surface area contributed by atoms with Crippen LogP contribution in [0.15, 0.2) is 182 Å². The highest BCUT2D eigenvalue weighted by atomic mass is 35.5. The summed E-state index contributed by atoms with van der Waals surface area (Å²) in [5.74, 6) is 0. The highest BCUT2D eigenvalue weighted by Crippen LogP contribution is 2.58. The van der Waals surface area contributed by atoms with Crippen LogP contribution in [0.5, 0.6) is 0 Å². The first-order chi connectivity index (χ1) is 23.2. The van der Waals surface area contributed by atoms with E-state index in [-0.39, 0.29) is 30.8 Å². The summed E-state index contributed by atoms with van der Waals surface area (Å²) in [6.45, 7) is 1.49. The fourth-order valence-corrected chi connectivity index (χ4v) is 15.5. The lowest BCUT2D eigenvalue weighted by molar-refractivity contribution is -0.001000. The van der Waals surface area contributed by atoms with Crippen molar-refractivity contribution >= 4 is 52.4 Å². The minimum absolute atomic E-state index is 0. The summed E-state index contributed by atoms with van der Waals surface area (Å²) in [4.78, 5) is 19.3. The molecule has 0 unspecified atom stereocenters. The third-order valence-electron chi connectivity index (χ3n) is 9.34. The summed E-state index contributed by atoms with van der Waals surface area (Å²) in [5.41, 5.74) is 0. The van der Waals surface area contributed by atoms with Gasteiger partial charge in [0.1, 0.15) is 58.9 Å². The molecule has 0 N–H and O–H groups in total. The molecular formula is C42H40Cl2N2OP2. The molecule has 0 aliphatic carbocycles. The lowest BCUT2D eigenvalue weighted by Crippen LogP contribution is -3.00. The van der Waals surface area contributed by atoms with E-state index in [1.807, 2.05) is 0 Å². The van der Waals surface area contributed by atoms with E-state index in [9.17, 15) is 4.79 Å². The van der Waals surface area contributed by atoms with Crippen LogP contribution >= 0.6 is 14.5 Å². The topological polar surface area (TPSA) is 23.6 Å². The number of hydrogen-bond acceptors (Lipinski definition) is 1. The molecule has 1 saturated heterocycles.